The maximum Gasteiger partial charge on any atom is 0.338 e. The molecule has 212 valence electrons. The van der Waals surface area contributed by atoms with Crippen molar-refractivity contribution in [3.8, 4) is 17.2 Å². The molecular formula is C31H36N2O6S. The minimum absolute atomic E-state index is 0.217. The van der Waals surface area contributed by atoms with Gasteiger partial charge in [0.25, 0.3) is 5.56 Å². The fourth-order valence-corrected chi connectivity index (χ4v) is 5.48. The van der Waals surface area contributed by atoms with Gasteiger partial charge in [-0.15, -0.1) is 0 Å². The lowest BCUT2D eigenvalue weighted by Gasteiger charge is -2.24. The van der Waals surface area contributed by atoms with Crippen molar-refractivity contribution in [2.45, 2.75) is 47.6 Å². The van der Waals surface area contributed by atoms with Crippen LogP contribution in [0.2, 0.25) is 0 Å². The number of rotatable bonds is 11. The van der Waals surface area contributed by atoms with E-state index in [1.165, 1.54) is 11.3 Å². The summed E-state index contributed by atoms with van der Waals surface area (Å²) in [6, 6.07) is 12.4. The van der Waals surface area contributed by atoms with Gasteiger partial charge in [0.15, 0.2) is 16.3 Å². The molecule has 8 nitrogen and oxygen atoms in total. The first kappa shape index (κ1) is 29.1. The van der Waals surface area contributed by atoms with Crippen molar-refractivity contribution in [2.75, 3.05) is 26.4 Å². The molecule has 1 aromatic heterocycles. The molecule has 1 aliphatic rings. The Balaban J connectivity index is 1.83. The summed E-state index contributed by atoms with van der Waals surface area (Å²) in [5, 5.41) is 0. The summed E-state index contributed by atoms with van der Waals surface area (Å²) in [6.07, 6.45) is 1.82. The number of ether oxygens (including phenoxy) is 4. The number of thiazole rings is 1. The average Bonchev–Trinajstić information content (AvgIpc) is 3.22. The van der Waals surface area contributed by atoms with E-state index in [0.29, 0.717) is 63.6 Å². The summed E-state index contributed by atoms with van der Waals surface area (Å²) in [6.45, 7) is 13.4. The van der Waals surface area contributed by atoms with Crippen LogP contribution in [0.25, 0.3) is 6.08 Å². The predicted molar refractivity (Wildman–Crippen MR) is 156 cm³/mol. The monoisotopic (exact) mass is 564 g/mol. The molecule has 4 rings (SSSR count). The second-order valence-electron chi connectivity index (χ2n) is 9.65. The molecule has 0 radical (unpaired) electrons. The zero-order valence-electron chi connectivity index (χ0n) is 23.9. The van der Waals surface area contributed by atoms with Crippen LogP contribution < -0.4 is 29.1 Å². The zero-order valence-corrected chi connectivity index (χ0v) is 24.7. The van der Waals surface area contributed by atoms with Crippen LogP contribution in [0, 0.1) is 5.92 Å². The quantitative estimate of drug-likeness (QED) is 0.316. The molecule has 9 heteroatoms. The summed E-state index contributed by atoms with van der Waals surface area (Å²) in [4.78, 5) is 32.1. The van der Waals surface area contributed by atoms with Crippen molar-refractivity contribution in [3.05, 3.63) is 84.5 Å². The largest absolute Gasteiger partial charge is 0.494 e. The van der Waals surface area contributed by atoms with E-state index >= 15 is 0 Å². The van der Waals surface area contributed by atoms with Crippen LogP contribution >= 0.6 is 11.3 Å². The lowest BCUT2D eigenvalue weighted by Crippen LogP contribution is -2.39. The predicted octanol–water partition coefficient (Wildman–Crippen LogP) is 4.63. The van der Waals surface area contributed by atoms with Crippen LogP contribution in [0.15, 0.2) is 63.5 Å². The maximum atomic E-state index is 13.9. The van der Waals surface area contributed by atoms with Gasteiger partial charge in [0, 0.05) is 0 Å². The molecule has 2 aromatic carbocycles. The Morgan fingerprint density at radius 3 is 2.38 bits per heavy atom. The molecule has 0 N–H and O–H groups in total. The Kier molecular flexibility index (Phi) is 9.47. The first-order valence-electron chi connectivity index (χ1n) is 13.6. The third-order valence-electron chi connectivity index (χ3n) is 6.16. The lowest BCUT2D eigenvalue weighted by molar-refractivity contribution is -0.139. The topological polar surface area (TPSA) is 88.4 Å². The Hall–Kier alpha value is -3.85. The van der Waals surface area contributed by atoms with Gasteiger partial charge in [-0.2, -0.15) is 0 Å². The van der Waals surface area contributed by atoms with Crippen molar-refractivity contribution in [1.82, 2.24) is 4.57 Å². The van der Waals surface area contributed by atoms with Crippen LogP contribution in [0.1, 0.15) is 58.7 Å². The molecule has 2 heterocycles. The minimum atomic E-state index is -0.682. The van der Waals surface area contributed by atoms with E-state index in [4.69, 9.17) is 18.9 Å². The number of hydrogen-bond donors (Lipinski definition) is 0. The van der Waals surface area contributed by atoms with Crippen LogP contribution in [0.5, 0.6) is 17.2 Å². The van der Waals surface area contributed by atoms with Gasteiger partial charge < -0.3 is 18.9 Å². The van der Waals surface area contributed by atoms with E-state index in [-0.39, 0.29) is 12.2 Å². The van der Waals surface area contributed by atoms with E-state index in [1.807, 2.05) is 62.4 Å². The Bertz CT molecular complexity index is 1570. The number of carbonyl (C=O) groups is 1. The number of nitrogens with zero attached hydrogens (tertiary/aromatic N) is 2. The molecular weight excluding hydrogens is 528 g/mol. The van der Waals surface area contributed by atoms with Crippen molar-refractivity contribution in [1.29, 1.82) is 0 Å². The molecule has 0 spiro atoms. The second-order valence-corrected chi connectivity index (χ2v) is 10.7. The van der Waals surface area contributed by atoms with E-state index in [2.05, 4.69) is 18.8 Å². The fourth-order valence-electron chi connectivity index (χ4n) is 4.43. The number of fused-ring (bicyclic) bond motifs is 1. The molecule has 40 heavy (non-hydrogen) atoms. The van der Waals surface area contributed by atoms with Crippen LogP contribution in [-0.2, 0) is 9.53 Å². The van der Waals surface area contributed by atoms with Gasteiger partial charge >= 0.3 is 5.97 Å². The number of hydrogen-bond acceptors (Lipinski definition) is 8. The molecule has 3 aromatic rings. The molecule has 0 saturated carbocycles. The lowest BCUT2D eigenvalue weighted by atomic mass is 9.96. The van der Waals surface area contributed by atoms with Gasteiger partial charge in [0.2, 0.25) is 0 Å². The third kappa shape index (κ3) is 6.31. The average molecular weight is 565 g/mol. The van der Waals surface area contributed by atoms with E-state index in [1.54, 1.807) is 18.4 Å². The summed E-state index contributed by atoms with van der Waals surface area (Å²) < 4.78 is 24.8. The highest BCUT2D eigenvalue weighted by molar-refractivity contribution is 7.07. The highest BCUT2D eigenvalue weighted by Gasteiger charge is 2.33. The fraction of sp³-hybridized carbons (Fsp3) is 0.387. The Labute approximate surface area is 238 Å². The summed E-state index contributed by atoms with van der Waals surface area (Å²) in [5.41, 5.74) is 2.18. The number of esters is 1. The van der Waals surface area contributed by atoms with Gasteiger partial charge in [0.1, 0.15) is 5.75 Å². The van der Waals surface area contributed by atoms with Gasteiger partial charge in [-0.3, -0.25) is 9.36 Å². The number of carbonyl (C=O) groups excluding carboxylic acids is 1. The highest BCUT2D eigenvalue weighted by atomic mass is 32.1. The first-order chi connectivity index (χ1) is 19.3. The summed E-state index contributed by atoms with van der Waals surface area (Å²) in [5.74, 6) is 1.89. The Morgan fingerprint density at radius 1 is 1.00 bits per heavy atom. The molecule has 0 fully saturated rings. The molecule has 0 amide bonds. The number of benzene rings is 2. The third-order valence-corrected chi connectivity index (χ3v) is 7.14. The van der Waals surface area contributed by atoms with Gasteiger partial charge in [-0.1, -0.05) is 43.4 Å². The maximum absolute atomic E-state index is 13.9. The van der Waals surface area contributed by atoms with Gasteiger partial charge in [0.05, 0.1) is 48.3 Å². The van der Waals surface area contributed by atoms with E-state index in [0.717, 1.165) is 11.1 Å². The van der Waals surface area contributed by atoms with E-state index < -0.39 is 12.0 Å². The molecule has 0 saturated heterocycles. The standard InChI is InChI=1S/C31H36N2O6S/c1-7-36-23-13-11-22(12-14-23)28-27(30(35)38-9-3)20(6)32-31-33(28)29(34)26(40-31)17-21-10-15-24(39-18-19(4)5)25(16-21)37-8-2/h10-17,19,28H,7-9,18H2,1-6H3/b26-17+/t28-/m0/s1. The second kappa shape index (κ2) is 13.0. The molecule has 0 aliphatic carbocycles. The van der Waals surface area contributed by atoms with Crippen molar-refractivity contribution >= 4 is 23.4 Å². The molecule has 0 unspecified atom stereocenters. The molecule has 1 aliphatic heterocycles. The van der Waals surface area contributed by atoms with Crippen molar-refractivity contribution in [2.24, 2.45) is 10.9 Å². The number of aromatic nitrogens is 1. The van der Waals surface area contributed by atoms with Crippen molar-refractivity contribution in [3.63, 3.8) is 0 Å². The smallest absolute Gasteiger partial charge is 0.338 e. The van der Waals surface area contributed by atoms with Crippen molar-refractivity contribution < 1.29 is 23.7 Å². The minimum Gasteiger partial charge on any atom is -0.494 e. The van der Waals surface area contributed by atoms with Gasteiger partial charge in [-0.05, 0) is 75.1 Å². The highest BCUT2D eigenvalue weighted by Crippen LogP contribution is 2.32. The Morgan fingerprint density at radius 2 is 1.73 bits per heavy atom. The zero-order chi connectivity index (χ0) is 28.8. The SMILES string of the molecule is CCOC(=O)C1=C(C)N=c2s/c(=C/c3ccc(OCC(C)C)c(OCC)c3)c(=O)n2[C@H]1c1ccc(OCC)cc1. The van der Waals surface area contributed by atoms with Crippen LogP contribution in [0.3, 0.4) is 0 Å². The summed E-state index contributed by atoms with van der Waals surface area (Å²) >= 11 is 1.28. The van der Waals surface area contributed by atoms with Crippen LogP contribution in [-0.4, -0.2) is 37.0 Å². The van der Waals surface area contributed by atoms with Gasteiger partial charge in [-0.25, -0.2) is 9.79 Å². The van der Waals surface area contributed by atoms with E-state index in [9.17, 15) is 9.59 Å². The number of allylic oxidation sites excluding steroid dienone is 1. The van der Waals surface area contributed by atoms with Crippen LogP contribution in [0.4, 0.5) is 0 Å². The first-order valence-corrected chi connectivity index (χ1v) is 14.4. The molecule has 1 atom stereocenters. The summed E-state index contributed by atoms with van der Waals surface area (Å²) in [7, 11) is 0. The normalized spacial score (nSPS) is 15.1. The molecule has 0 bridgehead atoms.